The molecule has 0 atom stereocenters. The summed E-state index contributed by atoms with van der Waals surface area (Å²) in [6.07, 6.45) is 0.529. The van der Waals surface area contributed by atoms with Gasteiger partial charge in [0, 0.05) is 18.3 Å². The van der Waals surface area contributed by atoms with E-state index in [0.29, 0.717) is 11.4 Å². The maximum atomic E-state index is 11.7. The number of ether oxygens (including phenoxy) is 2. The second-order valence-electron chi connectivity index (χ2n) is 5.67. The molecule has 1 amide bonds. The van der Waals surface area contributed by atoms with Crippen molar-refractivity contribution in [2.75, 3.05) is 24.7 Å². The van der Waals surface area contributed by atoms with Crippen LogP contribution in [0.5, 0.6) is 5.75 Å². The normalized spacial score (nSPS) is 11.8. The first-order valence-electron chi connectivity index (χ1n) is 6.73. The minimum atomic E-state index is -3.22. The second kappa shape index (κ2) is 7.46. The minimum absolute atomic E-state index is 0.169. The number of sulfonamides is 1. The van der Waals surface area contributed by atoms with Crippen molar-refractivity contribution >= 4 is 21.8 Å². The van der Waals surface area contributed by atoms with Crippen LogP contribution in [0.15, 0.2) is 24.3 Å². The van der Waals surface area contributed by atoms with Crippen molar-refractivity contribution in [2.24, 2.45) is 0 Å². The van der Waals surface area contributed by atoms with E-state index >= 15 is 0 Å². The van der Waals surface area contributed by atoms with Crippen molar-refractivity contribution < 1.29 is 22.7 Å². The van der Waals surface area contributed by atoms with Crippen molar-refractivity contribution in [1.82, 2.24) is 4.72 Å². The van der Waals surface area contributed by atoms with E-state index < -0.39 is 21.7 Å². The Bertz CT molecular complexity index is 608. The van der Waals surface area contributed by atoms with Gasteiger partial charge in [0.15, 0.2) is 0 Å². The molecular weight excluding hydrogens is 308 g/mol. The summed E-state index contributed by atoms with van der Waals surface area (Å²) in [5.74, 6) is 0.517. The first-order chi connectivity index (χ1) is 10.1. The van der Waals surface area contributed by atoms with Crippen molar-refractivity contribution in [2.45, 2.75) is 26.4 Å². The number of anilines is 1. The predicted molar refractivity (Wildman–Crippen MR) is 84.6 cm³/mol. The van der Waals surface area contributed by atoms with Gasteiger partial charge in [-0.05, 0) is 32.9 Å². The Morgan fingerprint density at radius 2 is 1.95 bits per heavy atom. The molecule has 22 heavy (non-hydrogen) atoms. The van der Waals surface area contributed by atoms with Crippen LogP contribution >= 0.6 is 0 Å². The van der Waals surface area contributed by atoms with Gasteiger partial charge in [-0.25, -0.2) is 17.9 Å². The molecule has 1 aromatic carbocycles. The number of carbonyl (C=O) groups excluding carboxylic acids is 1. The Morgan fingerprint density at radius 3 is 2.55 bits per heavy atom. The molecule has 124 valence electrons. The molecule has 0 radical (unpaired) electrons. The number of benzene rings is 1. The molecular formula is C14H22N2O5S. The third-order valence-electron chi connectivity index (χ3n) is 2.21. The van der Waals surface area contributed by atoms with Gasteiger partial charge in [0.2, 0.25) is 10.0 Å². The molecule has 0 heterocycles. The number of rotatable bonds is 6. The van der Waals surface area contributed by atoms with Gasteiger partial charge in [0.1, 0.15) is 18.0 Å². The van der Waals surface area contributed by atoms with Crippen LogP contribution in [0.4, 0.5) is 10.5 Å². The fourth-order valence-corrected chi connectivity index (χ4v) is 1.94. The number of nitrogens with one attached hydrogen (secondary N) is 2. The Morgan fingerprint density at radius 1 is 1.27 bits per heavy atom. The number of hydrogen-bond acceptors (Lipinski definition) is 5. The van der Waals surface area contributed by atoms with Gasteiger partial charge in [-0.3, -0.25) is 5.32 Å². The molecule has 1 aromatic rings. The van der Waals surface area contributed by atoms with E-state index in [4.69, 9.17) is 9.47 Å². The van der Waals surface area contributed by atoms with Gasteiger partial charge in [-0.1, -0.05) is 6.07 Å². The monoisotopic (exact) mass is 330 g/mol. The largest absolute Gasteiger partial charge is 0.492 e. The third kappa shape index (κ3) is 8.48. The topological polar surface area (TPSA) is 93.7 Å². The maximum Gasteiger partial charge on any atom is 0.412 e. The van der Waals surface area contributed by atoms with Gasteiger partial charge < -0.3 is 9.47 Å². The molecule has 0 spiro atoms. The fraction of sp³-hybridized carbons (Fsp3) is 0.500. The lowest BCUT2D eigenvalue weighted by Crippen LogP contribution is -2.27. The maximum absolute atomic E-state index is 11.7. The Labute approximate surface area is 131 Å². The van der Waals surface area contributed by atoms with Gasteiger partial charge in [-0.2, -0.15) is 0 Å². The SMILES string of the molecule is CC(C)(C)OC(=O)Nc1cccc(OCCNS(C)(=O)=O)c1. The Hall–Kier alpha value is -1.80. The van der Waals surface area contributed by atoms with E-state index in [1.165, 1.54) is 0 Å². The van der Waals surface area contributed by atoms with Gasteiger partial charge in [-0.15, -0.1) is 0 Å². The van der Waals surface area contributed by atoms with Crippen LogP contribution in [0.1, 0.15) is 20.8 Å². The number of carbonyl (C=O) groups is 1. The van der Waals surface area contributed by atoms with Gasteiger partial charge >= 0.3 is 6.09 Å². The fourth-order valence-electron chi connectivity index (χ4n) is 1.48. The molecule has 7 nitrogen and oxygen atoms in total. The molecule has 0 unspecified atom stereocenters. The van der Waals surface area contributed by atoms with E-state index in [9.17, 15) is 13.2 Å². The lowest BCUT2D eigenvalue weighted by atomic mass is 10.2. The van der Waals surface area contributed by atoms with E-state index in [2.05, 4.69) is 10.0 Å². The van der Waals surface area contributed by atoms with Crippen LogP contribution < -0.4 is 14.8 Å². The molecule has 1 rings (SSSR count). The number of hydrogen-bond donors (Lipinski definition) is 2. The van der Waals surface area contributed by atoms with E-state index in [0.717, 1.165) is 6.26 Å². The highest BCUT2D eigenvalue weighted by Gasteiger charge is 2.16. The average Bonchev–Trinajstić information content (AvgIpc) is 2.31. The summed E-state index contributed by atoms with van der Waals surface area (Å²) in [4.78, 5) is 11.7. The van der Waals surface area contributed by atoms with Gasteiger partial charge in [0.25, 0.3) is 0 Å². The molecule has 0 saturated heterocycles. The molecule has 0 fully saturated rings. The standard InChI is InChI=1S/C14H22N2O5S/c1-14(2,3)21-13(17)16-11-6-5-7-12(10-11)20-9-8-15-22(4,18)19/h5-7,10,15H,8-9H2,1-4H3,(H,16,17). The Balaban J connectivity index is 2.50. The van der Waals surface area contributed by atoms with Crippen molar-refractivity contribution in [3.05, 3.63) is 24.3 Å². The highest BCUT2D eigenvalue weighted by Crippen LogP contribution is 2.18. The first-order valence-corrected chi connectivity index (χ1v) is 8.62. The highest BCUT2D eigenvalue weighted by atomic mass is 32.2. The van der Waals surface area contributed by atoms with Crippen LogP contribution in [0.2, 0.25) is 0 Å². The molecule has 2 N–H and O–H groups in total. The number of amides is 1. The van der Waals surface area contributed by atoms with Crippen molar-refractivity contribution in [3.8, 4) is 5.75 Å². The summed E-state index contributed by atoms with van der Waals surface area (Å²) in [6.45, 7) is 5.69. The lowest BCUT2D eigenvalue weighted by molar-refractivity contribution is 0.0636. The first kappa shape index (κ1) is 18.2. The van der Waals surface area contributed by atoms with Crippen LogP contribution in [-0.4, -0.2) is 39.5 Å². The summed E-state index contributed by atoms with van der Waals surface area (Å²) >= 11 is 0. The highest BCUT2D eigenvalue weighted by molar-refractivity contribution is 7.88. The molecule has 0 aliphatic carbocycles. The summed E-state index contributed by atoms with van der Waals surface area (Å²) in [5.41, 5.74) is -0.0435. The van der Waals surface area contributed by atoms with E-state index in [1.54, 1.807) is 45.0 Å². The average molecular weight is 330 g/mol. The van der Waals surface area contributed by atoms with Crippen molar-refractivity contribution in [1.29, 1.82) is 0 Å². The molecule has 0 aromatic heterocycles. The second-order valence-corrected chi connectivity index (χ2v) is 7.50. The van der Waals surface area contributed by atoms with E-state index in [-0.39, 0.29) is 13.2 Å². The minimum Gasteiger partial charge on any atom is -0.492 e. The summed E-state index contributed by atoms with van der Waals surface area (Å²) in [6, 6.07) is 6.75. The molecule has 0 bridgehead atoms. The summed E-state index contributed by atoms with van der Waals surface area (Å²) < 4.78 is 34.7. The molecule has 0 aliphatic heterocycles. The summed E-state index contributed by atoms with van der Waals surface area (Å²) in [5, 5.41) is 2.60. The third-order valence-corrected chi connectivity index (χ3v) is 2.94. The van der Waals surface area contributed by atoms with E-state index in [1.807, 2.05) is 0 Å². The van der Waals surface area contributed by atoms with Crippen LogP contribution in [0, 0.1) is 0 Å². The Kier molecular flexibility index (Phi) is 6.19. The smallest absolute Gasteiger partial charge is 0.412 e. The molecule has 0 aliphatic rings. The van der Waals surface area contributed by atoms with Crippen LogP contribution in [-0.2, 0) is 14.8 Å². The zero-order valence-electron chi connectivity index (χ0n) is 13.2. The van der Waals surface area contributed by atoms with Crippen LogP contribution in [0.3, 0.4) is 0 Å². The zero-order chi connectivity index (χ0) is 16.8. The van der Waals surface area contributed by atoms with Crippen LogP contribution in [0.25, 0.3) is 0 Å². The zero-order valence-corrected chi connectivity index (χ0v) is 14.0. The predicted octanol–water partition coefficient (Wildman–Crippen LogP) is 1.96. The quantitative estimate of drug-likeness (QED) is 0.778. The molecule has 0 saturated carbocycles. The molecule has 8 heteroatoms. The van der Waals surface area contributed by atoms with Gasteiger partial charge in [0.05, 0.1) is 6.26 Å². The summed E-state index contributed by atoms with van der Waals surface area (Å²) in [7, 11) is -3.22. The lowest BCUT2D eigenvalue weighted by Gasteiger charge is -2.19. The van der Waals surface area contributed by atoms with Crippen molar-refractivity contribution in [3.63, 3.8) is 0 Å².